The standard InChI is InChI=1S/C9H13.Hf/c1-2-3-6-9-7-4-5-8-9;/h7-8H,2-4,6H2,1H3;. The van der Waals surface area contributed by atoms with E-state index in [2.05, 4.69) is 19.1 Å². The average Bonchev–Trinajstić information content (AvgIpc) is 2.31. The van der Waals surface area contributed by atoms with Gasteiger partial charge in [0.05, 0.1) is 0 Å². The van der Waals surface area contributed by atoms with Crippen molar-refractivity contribution in [2.75, 3.05) is 0 Å². The number of hydrogen-bond donors (Lipinski definition) is 0. The third-order valence-corrected chi connectivity index (χ3v) is 3.01. The average molecular weight is 300 g/mol. The van der Waals surface area contributed by atoms with Crippen molar-refractivity contribution in [1.82, 2.24) is 0 Å². The third-order valence-electron chi connectivity index (χ3n) is 1.76. The van der Waals surface area contributed by atoms with Gasteiger partial charge in [-0.15, -0.1) is 0 Å². The molecule has 53 valence electrons. The molecule has 0 aromatic heterocycles. The van der Waals surface area contributed by atoms with Gasteiger partial charge in [0, 0.05) is 0 Å². The van der Waals surface area contributed by atoms with Gasteiger partial charge in [0.25, 0.3) is 0 Å². The van der Waals surface area contributed by atoms with Gasteiger partial charge in [0.2, 0.25) is 0 Å². The molecule has 0 aromatic rings. The first-order valence-corrected chi connectivity index (χ1v) is 5.73. The van der Waals surface area contributed by atoms with Gasteiger partial charge >= 0.3 is 78.0 Å². The first-order valence-electron chi connectivity index (χ1n) is 3.94. The van der Waals surface area contributed by atoms with Gasteiger partial charge in [0.1, 0.15) is 0 Å². The molecule has 0 radical (unpaired) electrons. The molecular weight excluding hydrogens is 287 g/mol. The van der Waals surface area contributed by atoms with Gasteiger partial charge in [-0.05, 0) is 0 Å². The Bertz CT molecular complexity index is 166. The molecule has 0 aromatic carbocycles. The zero-order chi connectivity index (χ0) is 7.40. The molecular formula is C9H13Hf. The summed E-state index contributed by atoms with van der Waals surface area (Å²) in [5.74, 6) is 0. The molecule has 0 N–H and O–H groups in total. The summed E-state index contributed by atoms with van der Waals surface area (Å²) in [6.45, 7) is 2.25. The molecule has 0 heterocycles. The minimum absolute atomic E-state index is 1.26. The maximum absolute atomic E-state index is 2.39. The van der Waals surface area contributed by atoms with E-state index in [-0.39, 0.29) is 0 Å². The van der Waals surface area contributed by atoms with Crippen LogP contribution in [0.5, 0.6) is 0 Å². The van der Waals surface area contributed by atoms with Gasteiger partial charge in [-0.3, -0.25) is 0 Å². The van der Waals surface area contributed by atoms with Crippen molar-refractivity contribution in [2.24, 2.45) is 0 Å². The number of hydrogen-bond acceptors (Lipinski definition) is 0. The van der Waals surface area contributed by atoms with Crippen LogP contribution in [0.25, 0.3) is 0 Å². The topological polar surface area (TPSA) is 0 Å². The summed E-state index contributed by atoms with van der Waals surface area (Å²) < 4.78 is 1.66. The molecule has 0 aliphatic heterocycles. The SMILES string of the molecule is CCCCC1=CC[C]([Hf])=C1. The second kappa shape index (κ2) is 4.27. The van der Waals surface area contributed by atoms with Crippen LogP contribution < -0.4 is 0 Å². The van der Waals surface area contributed by atoms with Crippen molar-refractivity contribution in [3.63, 3.8) is 0 Å². The second-order valence-electron chi connectivity index (χ2n) is 2.76. The van der Waals surface area contributed by atoms with Crippen molar-refractivity contribution in [3.8, 4) is 0 Å². The van der Waals surface area contributed by atoms with Crippen LogP contribution in [0.2, 0.25) is 0 Å². The fourth-order valence-corrected chi connectivity index (χ4v) is 2.17. The predicted molar refractivity (Wildman–Crippen MR) is 40.3 cm³/mol. The van der Waals surface area contributed by atoms with Gasteiger partial charge in [0.15, 0.2) is 0 Å². The molecule has 0 fully saturated rings. The first kappa shape index (κ1) is 8.45. The van der Waals surface area contributed by atoms with Crippen LogP contribution in [0, 0.1) is 0 Å². The minimum atomic E-state index is 1.26. The zero-order valence-electron chi connectivity index (χ0n) is 6.48. The van der Waals surface area contributed by atoms with Crippen molar-refractivity contribution in [3.05, 3.63) is 21.1 Å². The monoisotopic (exact) mass is 301 g/mol. The van der Waals surface area contributed by atoms with E-state index in [1.165, 1.54) is 50.1 Å². The summed E-state index contributed by atoms with van der Waals surface area (Å²) in [6.07, 6.45) is 10.0. The summed E-state index contributed by atoms with van der Waals surface area (Å²) in [4.78, 5) is 0. The van der Waals surface area contributed by atoms with Gasteiger partial charge in [-0.25, -0.2) is 0 Å². The molecule has 0 saturated carbocycles. The van der Waals surface area contributed by atoms with E-state index in [1.54, 1.807) is 8.90 Å². The predicted octanol–water partition coefficient (Wildman–Crippen LogP) is 2.94. The van der Waals surface area contributed by atoms with Crippen molar-refractivity contribution < 1.29 is 24.4 Å². The van der Waals surface area contributed by atoms with Crippen molar-refractivity contribution in [1.29, 1.82) is 0 Å². The van der Waals surface area contributed by atoms with Crippen LogP contribution >= 0.6 is 0 Å². The Kier molecular flexibility index (Phi) is 3.61. The molecule has 0 unspecified atom stereocenters. The van der Waals surface area contributed by atoms with Crippen LogP contribution in [-0.4, -0.2) is 0 Å². The van der Waals surface area contributed by atoms with Crippen LogP contribution in [0.1, 0.15) is 32.6 Å². The Balaban J connectivity index is 2.29. The van der Waals surface area contributed by atoms with E-state index in [1.807, 2.05) is 0 Å². The second-order valence-corrected chi connectivity index (χ2v) is 5.06. The summed E-state index contributed by atoms with van der Waals surface area (Å²) >= 11 is 1.26. The number of unbranched alkanes of at least 4 members (excludes halogenated alkanes) is 1. The van der Waals surface area contributed by atoms with E-state index in [0.717, 1.165) is 0 Å². The fraction of sp³-hybridized carbons (Fsp3) is 0.556. The molecule has 1 aliphatic rings. The van der Waals surface area contributed by atoms with Crippen molar-refractivity contribution in [2.45, 2.75) is 32.6 Å². The van der Waals surface area contributed by atoms with Gasteiger partial charge in [-0.1, -0.05) is 0 Å². The normalized spacial score (nSPS) is 16.8. The molecule has 1 rings (SSSR count). The Morgan fingerprint density at radius 1 is 1.60 bits per heavy atom. The van der Waals surface area contributed by atoms with Crippen LogP contribution in [-0.2, 0) is 24.4 Å². The van der Waals surface area contributed by atoms with Crippen LogP contribution in [0.4, 0.5) is 0 Å². The number of allylic oxidation sites excluding steroid dienone is 4. The van der Waals surface area contributed by atoms with E-state index in [0.29, 0.717) is 0 Å². The molecule has 0 bridgehead atoms. The zero-order valence-corrected chi connectivity index (χ0v) is 10.1. The van der Waals surface area contributed by atoms with E-state index in [9.17, 15) is 0 Å². The first-order chi connectivity index (χ1) is 4.83. The van der Waals surface area contributed by atoms with Crippen LogP contribution in [0.3, 0.4) is 0 Å². The van der Waals surface area contributed by atoms with E-state index in [4.69, 9.17) is 0 Å². The van der Waals surface area contributed by atoms with E-state index < -0.39 is 0 Å². The quantitative estimate of drug-likeness (QED) is 0.703. The fourth-order valence-electron chi connectivity index (χ4n) is 1.14. The molecule has 1 aliphatic carbocycles. The third kappa shape index (κ3) is 2.53. The van der Waals surface area contributed by atoms with Gasteiger partial charge < -0.3 is 0 Å². The molecule has 0 spiro atoms. The van der Waals surface area contributed by atoms with Crippen molar-refractivity contribution >= 4 is 0 Å². The Morgan fingerprint density at radius 2 is 2.40 bits per heavy atom. The van der Waals surface area contributed by atoms with Crippen LogP contribution in [0.15, 0.2) is 21.1 Å². The Hall–Kier alpha value is 0.350. The van der Waals surface area contributed by atoms with E-state index >= 15 is 0 Å². The molecule has 1 heteroatoms. The molecule has 0 nitrogen and oxygen atoms in total. The maximum atomic E-state index is 2.39. The Morgan fingerprint density at radius 3 is 2.90 bits per heavy atom. The molecule has 0 atom stereocenters. The molecule has 10 heavy (non-hydrogen) atoms. The molecule has 0 amide bonds. The summed E-state index contributed by atoms with van der Waals surface area (Å²) in [6, 6.07) is 0. The summed E-state index contributed by atoms with van der Waals surface area (Å²) in [5.41, 5.74) is 1.59. The summed E-state index contributed by atoms with van der Waals surface area (Å²) in [7, 11) is 0. The number of rotatable bonds is 3. The van der Waals surface area contributed by atoms with Gasteiger partial charge in [-0.2, -0.15) is 0 Å². The summed E-state index contributed by atoms with van der Waals surface area (Å²) in [5, 5.41) is 0. The Labute approximate surface area is 78.0 Å². The molecule has 0 saturated heterocycles.